The van der Waals surface area contributed by atoms with E-state index in [1.54, 1.807) is 6.07 Å². The van der Waals surface area contributed by atoms with Gasteiger partial charge in [-0.2, -0.15) is 0 Å². The van der Waals surface area contributed by atoms with E-state index in [0.717, 1.165) is 16.7 Å². The third-order valence-corrected chi connectivity index (χ3v) is 1.91. The molecule has 0 aliphatic carbocycles. The maximum absolute atomic E-state index is 10.8. The SMILES string of the molecule is C=C(C)c1ccc2[nH]c(=O)oc2c1. The normalized spacial score (nSPS) is 10.5. The number of nitrogens with one attached hydrogen (secondary N) is 1. The molecule has 3 nitrogen and oxygen atoms in total. The molecular weight excluding hydrogens is 166 g/mol. The zero-order chi connectivity index (χ0) is 9.42. The number of H-pyrrole nitrogens is 1. The summed E-state index contributed by atoms with van der Waals surface area (Å²) in [6.45, 7) is 5.72. The summed E-state index contributed by atoms with van der Waals surface area (Å²) in [7, 11) is 0. The molecule has 2 aromatic rings. The smallest absolute Gasteiger partial charge is 0.408 e. The molecule has 3 heteroatoms. The minimum atomic E-state index is -0.422. The first-order valence-electron chi connectivity index (χ1n) is 3.95. The van der Waals surface area contributed by atoms with E-state index in [1.165, 1.54) is 0 Å². The molecule has 0 fully saturated rings. The Balaban J connectivity index is 2.74. The summed E-state index contributed by atoms with van der Waals surface area (Å²) >= 11 is 0. The molecule has 0 radical (unpaired) electrons. The molecule has 1 aromatic heterocycles. The molecule has 0 atom stereocenters. The second-order valence-electron chi connectivity index (χ2n) is 3.01. The summed E-state index contributed by atoms with van der Waals surface area (Å²) < 4.78 is 4.91. The number of hydrogen-bond acceptors (Lipinski definition) is 2. The van der Waals surface area contributed by atoms with E-state index in [0.29, 0.717) is 5.58 Å². The van der Waals surface area contributed by atoms with Gasteiger partial charge in [-0.05, 0) is 24.6 Å². The third-order valence-electron chi connectivity index (χ3n) is 1.91. The first-order valence-corrected chi connectivity index (χ1v) is 3.95. The second kappa shape index (κ2) is 2.62. The Morgan fingerprint density at radius 1 is 1.54 bits per heavy atom. The topological polar surface area (TPSA) is 46.0 Å². The number of oxazole rings is 1. The van der Waals surface area contributed by atoms with E-state index < -0.39 is 5.76 Å². The predicted molar refractivity (Wildman–Crippen MR) is 51.5 cm³/mol. The van der Waals surface area contributed by atoms with Crippen LogP contribution in [0.2, 0.25) is 0 Å². The zero-order valence-corrected chi connectivity index (χ0v) is 7.26. The Hall–Kier alpha value is -1.77. The van der Waals surface area contributed by atoms with Crippen molar-refractivity contribution in [3.63, 3.8) is 0 Å². The van der Waals surface area contributed by atoms with Gasteiger partial charge < -0.3 is 4.42 Å². The largest absolute Gasteiger partial charge is 0.417 e. The highest BCUT2D eigenvalue weighted by molar-refractivity contribution is 5.77. The highest BCUT2D eigenvalue weighted by Gasteiger charge is 2.01. The summed E-state index contributed by atoms with van der Waals surface area (Å²) in [5.41, 5.74) is 3.22. The fraction of sp³-hybridized carbons (Fsp3) is 0.100. The maximum Gasteiger partial charge on any atom is 0.417 e. The highest BCUT2D eigenvalue weighted by Crippen LogP contribution is 2.17. The van der Waals surface area contributed by atoms with Crippen molar-refractivity contribution in [3.8, 4) is 0 Å². The van der Waals surface area contributed by atoms with Crippen LogP contribution < -0.4 is 5.76 Å². The van der Waals surface area contributed by atoms with Gasteiger partial charge in [0.1, 0.15) is 0 Å². The van der Waals surface area contributed by atoms with E-state index in [9.17, 15) is 4.79 Å². The van der Waals surface area contributed by atoms with Crippen LogP contribution in [0, 0.1) is 0 Å². The van der Waals surface area contributed by atoms with E-state index in [2.05, 4.69) is 11.6 Å². The molecule has 2 rings (SSSR count). The molecule has 0 bridgehead atoms. The van der Waals surface area contributed by atoms with Crippen LogP contribution in [-0.4, -0.2) is 4.98 Å². The summed E-state index contributed by atoms with van der Waals surface area (Å²) in [5.74, 6) is -0.422. The van der Waals surface area contributed by atoms with Crippen molar-refractivity contribution in [1.29, 1.82) is 0 Å². The van der Waals surface area contributed by atoms with Crippen LogP contribution in [0.1, 0.15) is 12.5 Å². The second-order valence-corrected chi connectivity index (χ2v) is 3.01. The van der Waals surface area contributed by atoms with Crippen molar-refractivity contribution in [1.82, 2.24) is 4.98 Å². The Morgan fingerprint density at radius 2 is 2.31 bits per heavy atom. The number of allylic oxidation sites excluding steroid dienone is 1. The lowest BCUT2D eigenvalue weighted by atomic mass is 10.1. The number of fused-ring (bicyclic) bond motifs is 1. The molecule has 0 spiro atoms. The van der Waals surface area contributed by atoms with Crippen LogP contribution in [0.15, 0.2) is 34.0 Å². The minimum absolute atomic E-state index is 0.422. The Labute approximate surface area is 74.7 Å². The Bertz CT molecular complexity index is 519. The summed E-state index contributed by atoms with van der Waals surface area (Å²) in [4.78, 5) is 13.4. The van der Waals surface area contributed by atoms with Crippen LogP contribution >= 0.6 is 0 Å². The minimum Gasteiger partial charge on any atom is -0.408 e. The molecular formula is C10H9NO2. The standard InChI is InChI=1S/C10H9NO2/c1-6(2)7-3-4-8-9(5-7)13-10(12)11-8/h3-5H,1H2,2H3,(H,11,12). The number of aromatic amines is 1. The number of aromatic nitrogens is 1. The van der Waals surface area contributed by atoms with Gasteiger partial charge in [0, 0.05) is 0 Å². The molecule has 1 aromatic carbocycles. The fourth-order valence-corrected chi connectivity index (χ4v) is 1.21. The lowest BCUT2D eigenvalue weighted by Crippen LogP contribution is -1.92. The summed E-state index contributed by atoms with van der Waals surface area (Å²) in [6, 6.07) is 5.51. The molecule has 66 valence electrons. The van der Waals surface area contributed by atoms with Gasteiger partial charge in [0.05, 0.1) is 5.52 Å². The third kappa shape index (κ3) is 1.28. The maximum atomic E-state index is 10.8. The van der Waals surface area contributed by atoms with Crippen LogP contribution in [0.4, 0.5) is 0 Å². The summed E-state index contributed by atoms with van der Waals surface area (Å²) in [6.07, 6.45) is 0. The average Bonchev–Trinajstić information content (AvgIpc) is 2.42. The molecule has 0 amide bonds. The van der Waals surface area contributed by atoms with E-state index in [1.807, 2.05) is 19.1 Å². The molecule has 1 heterocycles. The average molecular weight is 175 g/mol. The molecule has 13 heavy (non-hydrogen) atoms. The zero-order valence-electron chi connectivity index (χ0n) is 7.26. The van der Waals surface area contributed by atoms with Crippen molar-refractivity contribution in [2.24, 2.45) is 0 Å². The van der Waals surface area contributed by atoms with Gasteiger partial charge in [0.25, 0.3) is 0 Å². The first kappa shape index (κ1) is 7.86. The highest BCUT2D eigenvalue weighted by atomic mass is 16.4. The van der Waals surface area contributed by atoms with Crippen LogP contribution in [0.5, 0.6) is 0 Å². The monoisotopic (exact) mass is 175 g/mol. The predicted octanol–water partition coefficient (Wildman–Crippen LogP) is 2.15. The van der Waals surface area contributed by atoms with E-state index >= 15 is 0 Å². The van der Waals surface area contributed by atoms with Crippen LogP contribution in [0.3, 0.4) is 0 Å². The molecule has 0 aliphatic rings. The van der Waals surface area contributed by atoms with Crippen molar-refractivity contribution < 1.29 is 4.42 Å². The van der Waals surface area contributed by atoms with Crippen molar-refractivity contribution in [2.45, 2.75) is 6.92 Å². The van der Waals surface area contributed by atoms with Gasteiger partial charge in [0.2, 0.25) is 0 Å². The number of rotatable bonds is 1. The van der Waals surface area contributed by atoms with Gasteiger partial charge in [-0.3, -0.25) is 4.98 Å². The van der Waals surface area contributed by atoms with Gasteiger partial charge in [-0.25, -0.2) is 4.79 Å². The first-order chi connectivity index (χ1) is 6.16. The number of hydrogen-bond donors (Lipinski definition) is 1. The van der Waals surface area contributed by atoms with Gasteiger partial charge in [0.15, 0.2) is 5.58 Å². The van der Waals surface area contributed by atoms with Crippen molar-refractivity contribution in [2.75, 3.05) is 0 Å². The molecule has 0 unspecified atom stereocenters. The molecule has 0 saturated heterocycles. The van der Waals surface area contributed by atoms with E-state index in [4.69, 9.17) is 4.42 Å². The Kier molecular flexibility index (Phi) is 1.59. The fourth-order valence-electron chi connectivity index (χ4n) is 1.21. The van der Waals surface area contributed by atoms with Gasteiger partial charge >= 0.3 is 5.76 Å². The molecule has 0 saturated carbocycles. The molecule has 0 aliphatic heterocycles. The quantitative estimate of drug-likeness (QED) is 0.721. The summed E-state index contributed by atoms with van der Waals surface area (Å²) in [5, 5.41) is 0. The Morgan fingerprint density at radius 3 is 3.00 bits per heavy atom. The van der Waals surface area contributed by atoms with Gasteiger partial charge in [-0.15, -0.1) is 0 Å². The number of benzene rings is 1. The van der Waals surface area contributed by atoms with Crippen LogP contribution in [-0.2, 0) is 0 Å². The lowest BCUT2D eigenvalue weighted by Gasteiger charge is -1.96. The van der Waals surface area contributed by atoms with E-state index in [-0.39, 0.29) is 0 Å². The molecule has 1 N–H and O–H groups in total. The van der Waals surface area contributed by atoms with Crippen LogP contribution in [0.25, 0.3) is 16.7 Å². The van der Waals surface area contributed by atoms with Crippen molar-refractivity contribution in [3.05, 3.63) is 40.9 Å². The van der Waals surface area contributed by atoms with Crippen molar-refractivity contribution >= 4 is 16.7 Å². The van der Waals surface area contributed by atoms with Gasteiger partial charge in [-0.1, -0.05) is 18.2 Å². The lowest BCUT2D eigenvalue weighted by molar-refractivity contribution is 0.555.